The van der Waals surface area contributed by atoms with Gasteiger partial charge in [-0.1, -0.05) is 13.8 Å². The Balaban J connectivity index is 1.79. The molecule has 0 spiro atoms. The van der Waals surface area contributed by atoms with E-state index in [1.807, 2.05) is 0 Å². The number of ether oxygens (including phenoxy) is 1. The normalized spacial score (nSPS) is 22.0. The van der Waals surface area contributed by atoms with Gasteiger partial charge >= 0.3 is 6.03 Å². The van der Waals surface area contributed by atoms with E-state index in [0.717, 1.165) is 19.2 Å². The molecule has 1 aromatic rings. The number of nitrogens with one attached hydrogen (secondary N) is 2. The molecule has 5 nitrogen and oxygen atoms in total. The van der Waals surface area contributed by atoms with Gasteiger partial charge in [-0.05, 0) is 24.5 Å². The van der Waals surface area contributed by atoms with E-state index in [1.54, 1.807) is 0 Å². The summed E-state index contributed by atoms with van der Waals surface area (Å²) in [5, 5.41) is 5.38. The van der Waals surface area contributed by atoms with E-state index in [0.29, 0.717) is 24.2 Å². The third-order valence-corrected chi connectivity index (χ3v) is 3.41. The molecule has 0 bridgehead atoms. The molecule has 0 saturated carbocycles. The van der Waals surface area contributed by atoms with Crippen molar-refractivity contribution in [2.24, 2.45) is 11.8 Å². The summed E-state index contributed by atoms with van der Waals surface area (Å²) < 4.78 is 18.4. The summed E-state index contributed by atoms with van der Waals surface area (Å²) in [4.78, 5) is 15.5. The molecule has 1 aliphatic rings. The Kier molecular flexibility index (Phi) is 4.89. The number of anilines is 1. The van der Waals surface area contributed by atoms with Gasteiger partial charge in [0, 0.05) is 19.1 Å². The minimum Gasteiger partial charge on any atom is -0.378 e. The van der Waals surface area contributed by atoms with Gasteiger partial charge in [0.1, 0.15) is 11.6 Å². The van der Waals surface area contributed by atoms with Crippen LogP contribution in [0.15, 0.2) is 18.3 Å². The van der Waals surface area contributed by atoms with Crippen molar-refractivity contribution in [2.45, 2.75) is 26.4 Å². The SMILES string of the molecule is CC(C)[C@@H]1OCC[C@@H]1CNC(=O)Nc1ccc(F)cn1. The second-order valence-corrected chi connectivity index (χ2v) is 5.32. The lowest BCUT2D eigenvalue weighted by Crippen LogP contribution is -2.37. The number of carbonyl (C=O) groups excluding carboxylic acids is 1. The molecule has 1 aromatic heterocycles. The van der Waals surface area contributed by atoms with Crippen molar-refractivity contribution in [3.8, 4) is 0 Å². The Hall–Kier alpha value is -1.69. The summed E-state index contributed by atoms with van der Waals surface area (Å²) >= 11 is 0. The van der Waals surface area contributed by atoms with Gasteiger partial charge in [-0.2, -0.15) is 0 Å². The number of amides is 2. The lowest BCUT2D eigenvalue weighted by Gasteiger charge is -2.22. The number of urea groups is 1. The zero-order valence-corrected chi connectivity index (χ0v) is 11.7. The average Bonchev–Trinajstić information content (AvgIpc) is 2.88. The van der Waals surface area contributed by atoms with Crippen LogP contribution in [0, 0.1) is 17.7 Å². The Morgan fingerprint density at radius 1 is 1.55 bits per heavy atom. The second-order valence-electron chi connectivity index (χ2n) is 5.32. The van der Waals surface area contributed by atoms with Gasteiger partial charge in [-0.15, -0.1) is 0 Å². The van der Waals surface area contributed by atoms with Gasteiger partial charge in [-0.3, -0.25) is 5.32 Å². The van der Waals surface area contributed by atoms with E-state index >= 15 is 0 Å². The van der Waals surface area contributed by atoms with Crippen LogP contribution in [0.4, 0.5) is 15.0 Å². The molecule has 1 fully saturated rings. The number of hydrogen-bond donors (Lipinski definition) is 2. The summed E-state index contributed by atoms with van der Waals surface area (Å²) in [7, 11) is 0. The zero-order chi connectivity index (χ0) is 14.5. The third-order valence-electron chi connectivity index (χ3n) is 3.41. The predicted octanol–water partition coefficient (Wildman–Crippen LogP) is 2.40. The van der Waals surface area contributed by atoms with Crippen molar-refractivity contribution < 1.29 is 13.9 Å². The number of halogens is 1. The summed E-state index contributed by atoms with van der Waals surface area (Å²) in [6, 6.07) is 2.34. The standard InChI is InChI=1S/C14H20FN3O2/c1-9(2)13-10(5-6-20-13)7-17-14(19)18-12-4-3-11(15)8-16-12/h3-4,8-10,13H,5-7H2,1-2H3,(H2,16,17,18,19)/t10-,13+/m1/s1. The molecule has 0 aromatic carbocycles. The first-order valence-electron chi connectivity index (χ1n) is 6.84. The topological polar surface area (TPSA) is 63.2 Å². The molecule has 0 aliphatic carbocycles. The highest BCUT2D eigenvalue weighted by Gasteiger charge is 2.30. The van der Waals surface area contributed by atoms with Crippen LogP contribution in [-0.4, -0.2) is 30.3 Å². The molecule has 1 aliphatic heterocycles. The molecule has 110 valence electrons. The monoisotopic (exact) mass is 281 g/mol. The van der Waals surface area contributed by atoms with E-state index in [-0.39, 0.29) is 12.1 Å². The smallest absolute Gasteiger partial charge is 0.320 e. The lowest BCUT2D eigenvalue weighted by atomic mass is 9.93. The Morgan fingerprint density at radius 2 is 2.35 bits per heavy atom. The highest BCUT2D eigenvalue weighted by Crippen LogP contribution is 2.26. The molecule has 2 heterocycles. The van der Waals surface area contributed by atoms with Crippen LogP contribution in [0.3, 0.4) is 0 Å². The van der Waals surface area contributed by atoms with Crippen LogP contribution in [0.25, 0.3) is 0 Å². The van der Waals surface area contributed by atoms with Gasteiger partial charge in [-0.25, -0.2) is 14.2 Å². The van der Waals surface area contributed by atoms with Gasteiger partial charge < -0.3 is 10.1 Å². The predicted molar refractivity (Wildman–Crippen MR) is 73.9 cm³/mol. The second kappa shape index (κ2) is 6.65. The van der Waals surface area contributed by atoms with E-state index in [1.165, 1.54) is 12.1 Å². The number of carbonyl (C=O) groups is 1. The summed E-state index contributed by atoms with van der Waals surface area (Å²) in [6.07, 6.45) is 2.21. The maximum absolute atomic E-state index is 12.7. The molecule has 2 atom stereocenters. The molecule has 2 N–H and O–H groups in total. The molecular weight excluding hydrogens is 261 g/mol. The summed E-state index contributed by atoms with van der Waals surface area (Å²) in [5.74, 6) is 0.666. The average molecular weight is 281 g/mol. The highest BCUT2D eigenvalue weighted by atomic mass is 19.1. The van der Waals surface area contributed by atoms with Gasteiger partial charge in [0.05, 0.1) is 12.3 Å². The fourth-order valence-electron chi connectivity index (χ4n) is 2.44. The van der Waals surface area contributed by atoms with E-state index in [9.17, 15) is 9.18 Å². The molecule has 1 saturated heterocycles. The van der Waals surface area contributed by atoms with E-state index in [4.69, 9.17) is 4.74 Å². The molecule has 6 heteroatoms. The van der Waals surface area contributed by atoms with Crippen LogP contribution < -0.4 is 10.6 Å². The van der Waals surface area contributed by atoms with E-state index in [2.05, 4.69) is 29.5 Å². The minimum absolute atomic E-state index is 0.194. The molecule has 2 rings (SSSR count). The number of hydrogen-bond acceptors (Lipinski definition) is 3. The fourth-order valence-corrected chi connectivity index (χ4v) is 2.44. The van der Waals surface area contributed by atoms with Crippen LogP contribution in [0.2, 0.25) is 0 Å². The zero-order valence-electron chi connectivity index (χ0n) is 11.7. The molecule has 2 amide bonds. The molecule has 0 radical (unpaired) electrons. The van der Waals surface area contributed by atoms with Crippen LogP contribution in [0.5, 0.6) is 0 Å². The van der Waals surface area contributed by atoms with Crippen LogP contribution in [-0.2, 0) is 4.74 Å². The Labute approximate surface area is 117 Å². The maximum atomic E-state index is 12.7. The van der Waals surface area contributed by atoms with Crippen molar-refractivity contribution in [3.63, 3.8) is 0 Å². The Bertz CT molecular complexity index is 450. The summed E-state index contributed by atoms with van der Waals surface area (Å²) in [5.41, 5.74) is 0. The molecule has 20 heavy (non-hydrogen) atoms. The number of pyridine rings is 1. The van der Waals surface area contributed by atoms with Gasteiger partial charge in [0.15, 0.2) is 0 Å². The number of nitrogens with zero attached hydrogens (tertiary/aromatic N) is 1. The lowest BCUT2D eigenvalue weighted by molar-refractivity contribution is 0.0546. The van der Waals surface area contributed by atoms with Crippen molar-refractivity contribution in [2.75, 3.05) is 18.5 Å². The van der Waals surface area contributed by atoms with Crippen molar-refractivity contribution in [3.05, 3.63) is 24.1 Å². The van der Waals surface area contributed by atoms with Gasteiger partial charge in [0.25, 0.3) is 0 Å². The largest absolute Gasteiger partial charge is 0.378 e. The van der Waals surface area contributed by atoms with Crippen molar-refractivity contribution in [1.29, 1.82) is 0 Å². The quantitative estimate of drug-likeness (QED) is 0.890. The van der Waals surface area contributed by atoms with Crippen molar-refractivity contribution in [1.82, 2.24) is 10.3 Å². The Morgan fingerprint density at radius 3 is 3.00 bits per heavy atom. The fraction of sp³-hybridized carbons (Fsp3) is 0.571. The van der Waals surface area contributed by atoms with Crippen LogP contribution >= 0.6 is 0 Å². The van der Waals surface area contributed by atoms with Crippen LogP contribution in [0.1, 0.15) is 20.3 Å². The first kappa shape index (κ1) is 14.7. The first-order valence-corrected chi connectivity index (χ1v) is 6.84. The summed E-state index contributed by atoms with van der Waals surface area (Å²) in [6.45, 7) is 5.54. The maximum Gasteiger partial charge on any atom is 0.320 e. The molecule has 0 unspecified atom stereocenters. The number of rotatable bonds is 4. The van der Waals surface area contributed by atoms with E-state index < -0.39 is 5.82 Å². The first-order chi connectivity index (χ1) is 9.56. The molecular formula is C14H20FN3O2. The number of aromatic nitrogens is 1. The highest BCUT2D eigenvalue weighted by molar-refractivity contribution is 5.88. The minimum atomic E-state index is -0.432. The van der Waals surface area contributed by atoms with Gasteiger partial charge in [0.2, 0.25) is 0 Å². The van der Waals surface area contributed by atoms with Crippen molar-refractivity contribution >= 4 is 11.8 Å². The third kappa shape index (κ3) is 3.90.